The average molecular weight is 459 g/mol. The van der Waals surface area contributed by atoms with Crippen LogP contribution in [0.1, 0.15) is 45.6 Å². The van der Waals surface area contributed by atoms with Crippen LogP contribution in [0.25, 0.3) is 0 Å². The van der Waals surface area contributed by atoms with Crippen LogP contribution in [0.3, 0.4) is 0 Å². The van der Waals surface area contributed by atoms with Crippen molar-refractivity contribution in [1.82, 2.24) is 4.90 Å². The quantitative estimate of drug-likeness (QED) is 0.440. The number of urea groups is 1. The highest BCUT2D eigenvalue weighted by Crippen LogP contribution is 2.34. The highest BCUT2D eigenvalue weighted by atomic mass is 19.1. The SMILES string of the molecule is COc1ccc(F)cc1CN1CCCN(c2ccc(OC)c(OCCCC(C)(C)C)c2)C1=O. The third kappa shape index (κ3) is 6.53. The first-order chi connectivity index (χ1) is 15.7. The first kappa shape index (κ1) is 24.7. The van der Waals surface area contributed by atoms with Crippen LogP contribution in [0.2, 0.25) is 0 Å². The number of nitrogens with zero attached hydrogens (tertiary/aromatic N) is 2. The van der Waals surface area contributed by atoms with E-state index in [1.165, 1.54) is 12.1 Å². The molecule has 0 radical (unpaired) electrons. The fraction of sp³-hybridized carbons (Fsp3) is 0.500. The summed E-state index contributed by atoms with van der Waals surface area (Å²) in [5, 5.41) is 0. The summed E-state index contributed by atoms with van der Waals surface area (Å²) in [5.74, 6) is 1.48. The molecule has 0 aromatic heterocycles. The van der Waals surface area contributed by atoms with Crippen LogP contribution in [0.4, 0.5) is 14.9 Å². The molecule has 6 nitrogen and oxygen atoms in total. The summed E-state index contributed by atoms with van der Waals surface area (Å²) in [7, 11) is 3.15. The minimum absolute atomic E-state index is 0.128. The molecule has 0 spiro atoms. The maximum Gasteiger partial charge on any atom is 0.324 e. The van der Waals surface area contributed by atoms with Crippen molar-refractivity contribution in [2.45, 2.75) is 46.6 Å². The summed E-state index contributed by atoms with van der Waals surface area (Å²) in [6.45, 7) is 8.69. The molecule has 1 aliphatic rings. The van der Waals surface area contributed by atoms with E-state index in [4.69, 9.17) is 14.2 Å². The topological polar surface area (TPSA) is 51.2 Å². The van der Waals surface area contributed by atoms with E-state index in [9.17, 15) is 9.18 Å². The molecule has 0 saturated carbocycles. The zero-order valence-corrected chi connectivity index (χ0v) is 20.3. The number of carbonyl (C=O) groups is 1. The minimum atomic E-state index is -0.351. The Morgan fingerprint density at radius 3 is 2.39 bits per heavy atom. The number of ether oxygens (including phenoxy) is 3. The standard InChI is InChI=1S/C26H35FN2O4/c1-26(2,3)12-6-15-33-24-17-21(9-11-23(24)32-5)29-14-7-13-28(25(29)30)18-19-16-20(27)8-10-22(19)31-4/h8-11,16-17H,6-7,12-15,18H2,1-5H3. The summed E-state index contributed by atoms with van der Waals surface area (Å²) >= 11 is 0. The molecule has 1 fully saturated rings. The molecular formula is C26H35FN2O4. The van der Waals surface area contributed by atoms with E-state index in [0.29, 0.717) is 42.5 Å². The maximum atomic E-state index is 13.8. The first-order valence-electron chi connectivity index (χ1n) is 11.4. The molecule has 1 heterocycles. The van der Waals surface area contributed by atoms with E-state index in [0.717, 1.165) is 24.9 Å². The van der Waals surface area contributed by atoms with Crippen molar-refractivity contribution >= 4 is 11.7 Å². The molecule has 2 aromatic rings. The molecule has 33 heavy (non-hydrogen) atoms. The highest BCUT2D eigenvalue weighted by molar-refractivity contribution is 5.93. The summed E-state index contributed by atoms with van der Waals surface area (Å²) < 4.78 is 30.6. The van der Waals surface area contributed by atoms with E-state index < -0.39 is 0 Å². The molecule has 2 amide bonds. The Morgan fingerprint density at radius 1 is 0.970 bits per heavy atom. The van der Waals surface area contributed by atoms with E-state index >= 15 is 0 Å². The zero-order valence-electron chi connectivity index (χ0n) is 20.3. The molecule has 0 atom stereocenters. The Bertz CT molecular complexity index is 958. The molecule has 1 saturated heterocycles. The Morgan fingerprint density at radius 2 is 1.70 bits per heavy atom. The van der Waals surface area contributed by atoms with Crippen LogP contribution in [0.15, 0.2) is 36.4 Å². The van der Waals surface area contributed by atoms with Gasteiger partial charge in [-0.15, -0.1) is 0 Å². The van der Waals surface area contributed by atoms with Crippen LogP contribution in [-0.4, -0.2) is 44.8 Å². The first-order valence-corrected chi connectivity index (χ1v) is 11.4. The maximum absolute atomic E-state index is 13.8. The lowest BCUT2D eigenvalue weighted by Crippen LogP contribution is -2.49. The Hall–Kier alpha value is -2.96. The van der Waals surface area contributed by atoms with Crippen LogP contribution in [-0.2, 0) is 6.54 Å². The summed E-state index contributed by atoms with van der Waals surface area (Å²) in [6.07, 6.45) is 2.79. The number of rotatable bonds is 9. The largest absolute Gasteiger partial charge is 0.496 e. The summed E-state index contributed by atoms with van der Waals surface area (Å²) in [5.41, 5.74) is 1.65. The van der Waals surface area contributed by atoms with Crippen molar-refractivity contribution in [2.75, 3.05) is 38.8 Å². The van der Waals surface area contributed by atoms with E-state index in [1.54, 1.807) is 30.1 Å². The predicted octanol–water partition coefficient (Wildman–Crippen LogP) is 5.88. The lowest BCUT2D eigenvalue weighted by Gasteiger charge is -2.36. The molecule has 1 aliphatic heterocycles. The van der Waals surface area contributed by atoms with Gasteiger partial charge in [-0.25, -0.2) is 9.18 Å². The molecule has 2 aromatic carbocycles. The third-order valence-corrected chi connectivity index (χ3v) is 5.70. The fourth-order valence-electron chi connectivity index (χ4n) is 3.97. The van der Waals surface area contributed by atoms with Gasteiger partial charge in [0.15, 0.2) is 11.5 Å². The number of benzene rings is 2. The van der Waals surface area contributed by atoms with Crippen molar-refractivity contribution in [3.05, 3.63) is 47.8 Å². The average Bonchev–Trinajstić information content (AvgIpc) is 2.77. The lowest BCUT2D eigenvalue weighted by molar-refractivity contribution is 0.191. The molecule has 180 valence electrons. The number of amides is 2. The van der Waals surface area contributed by atoms with Gasteiger partial charge in [0.05, 0.1) is 27.4 Å². The molecule has 0 N–H and O–H groups in total. The third-order valence-electron chi connectivity index (χ3n) is 5.70. The van der Waals surface area contributed by atoms with Gasteiger partial charge in [-0.3, -0.25) is 4.90 Å². The van der Waals surface area contributed by atoms with Gasteiger partial charge in [0.1, 0.15) is 11.6 Å². The van der Waals surface area contributed by atoms with Crippen molar-refractivity contribution in [2.24, 2.45) is 5.41 Å². The Kier molecular flexibility index (Phi) is 8.06. The number of anilines is 1. The van der Waals surface area contributed by atoms with Gasteiger partial charge >= 0.3 is 6.03 Å². The van der Waals surface area contributed by atoms with Crippen LogP contribution >= 0.6 is 0 Å². The van der Waals surface area contributed by atoms with Crippen molar-refractivity contribution in [1.29, 1.82) is 0 Å². The second-order valence-electron chi connectivity index (χ2n) is 9.51. The van der Waals surface area contributed by atoms with Crippen LogP contribution in [0, 0.1) is 11.2 Å². The van der Waals surface area contributed by atoms with Crippen molar-refractivity contribution < 1.29 is 23.4 Å². The smallest absolute Gasteiger partial charge is 0.324 e. The monoisotopic (exact) mass is 458 g/mol. The predicted molar refractivity (Wildman–Crippen MR) is 128 cm³/mol. The molecule has 7 heteroatoms. The van der Waals surface area contributed by atoms with E-state index in [-0.39, 0.29) is 23.8 Å². The van der Waals surface area contributed by atoms with Gasteiger partial charge in [-0.2, -0.15) is 0 Å². The normalized spacial score (nSPS) is 14.4. The number of methoxy groups -OCH3 is 2. The van der Waals surface area contributed by atoms with Crippen LogP contribution < -0.4 is 19.1 Å². The fourth-order valence-corrected chi connectivity index (χ4v) is 3.97. The second-order valence-corrected chi connectivity index (χ2v) is 9.51. The minimum Gasteiger partial charge on any atom is -0.496 e. The molecule has 3 rings (SSSR count). The second kappa shape index (κ2) is 10.8. The summed E-state index contributed by atoms with van der Waals surface area (Å²) in [4.78, 5) is 16.7. The van der Waals surface area contributed by atoms with Gasteiger partial charge in [0, 0.05) is 30.4 Å². The number of carbonyl (C=O) groups excluding carboxylic acids is 1. The van der Waals surface area contributed by atoms with E-state index in [2.05, 4.69) is 20.8 Å². The van der Waals surface area contributed by atoms with Gasteiger partial charge in [0.2, 0.25) is 0 Å². The van der Waals surface area contributed by atoms with Crippen LogP contribution in [0.5, 0.6) is 17.2 Å². The molecule has 0 bridgehead atoms. The van der Waals surface area contributed by atoms with Gasteiger partial charge < -0.3 is 19.1 Å². The van der Waals surface area contributed by atoms with Gasteiger partial charge in [-0.05, 0) is 55.0 Å². The summed E-state index contributed by atoms with van der Waals surface area (Å²) in [6, 6.07) is 9.79. The van der Waals surface area contributed by atoms with Gasteiger partial charge in [-0.1, -0.05) is 20.8 Å². The van der Waals surface area contributed by atoms with Crippen molar-refractivity contribution in [3.63, 3.8) is 0 Å². The zero-order chi connectivity index (χ0) is 24.0. The van der Waals surface area contributed by atoms with E-state index in [1.807, 2.05) is 18.2 Å². The Balaban J connectivity index is 1.74. The molecule has 0 unspecified atom stereocenters. The molecule has 0 aliphatic carbocycles. The molecular weight excluding hydrogens is 423 g/mol. The van der Waals surface area contributed by atoms with Gasteiger partial charge in [0.25, 0.3) is 0 Å². The lowest BCUT2D eigenvalue weighted by atomic mass is 9.91. The Labute approximate surface area is 196 Å². The number of hydrogen-bond donors (Lipinski definition) is 0. The van der Waals surface area contributed by atoms with Crippen molar-refractivity contribution in [3.8, 4) is 17.2 Å². The number of halogens is 1. The number of hydrogen-bond acceptors (Lipinski definition) is 4. The highest BCUT2D eigenvalue weighted by Gasteiger charge is 2.28.